The number of aliphatic hydroxyl groups is 1. The first kappa shape index (κ1) is 12.2. The Morgan fingerprint density at radius 1 is 1.62 bits per heavy atom. The molecule has 0 spiro atoms. The SMILES string of the molecule is CCNC(=O)OC(C)(CO)C(C)C. The van der Waals surface area contributed by atoms with Crippen molar-refractivity contribution in [1.82, 2.24) is 5.32 Å². The molecule has 0 saturated carbocycles. The minimum Gasteiger partial charge on any atom is -0.441 e. The highest BCUT2D eigenvalue weighted by Crippen LogP contribution is 2.20. The number of ether oxygens (including phenoxy) is 1. The summed E-state index contributed by atoms with van der Waals surface area (Å²) in [5, 5.41) is 11.6. The Bertz CT molecular complexity index is 170. The van der Waals surface area contributed by atoms with Gasteiger partial charge in [0.25, 0.3) is 0 Å². The van der Waals surface area contributed by atoms with E-state index in [0.717, 1.165) is 0 Å². The molecule has 0 heterocycles. The smallest absolute Gasteiger partial charge is 0.407 e. The molecule has 0 saturated heterocycles. The number of amides is 1. The lowest BCUT2D eigenvalue weighted by atomic mass is 9.93. The van der Waals surface area contributed by atoms with Gasteiger partial charge in [-0.3, -0.25) is 0 Å². The van der Waals surface area contributed by atoms with Crippen LogP contribution in [0.25, 0.3) is 0 Å². The Morgan fingerprint density at radius 3 is 2.46 bits per heavy atom. The van der Waals surface area contributed by atoms with Crippen molar-refractivity contribution in [2.45, 2.75) is 33.3 Å². The minimum absolute atomic E-state index is 0.0834. The van der Waals surface area contributed by atoms with Crippen LogP contribution in [0.2, 0.25) is 0 Å². The summed E-state index contributed by atoms with van der Waals surface area (Å²) in [7, 11) is 0. The first-order chi connectivity index (χ1) is 5.96. The van der Waals surface area contributed by atoms with Gasteiger partial charge in [0.15, 0.2) is 0 Å². The second kappa shape index (κ2) is 5.07. The number of aliphatic hydroxyl groups excluding tert-OH is 1. The molecule has 0 aromatic carbocycles. The highest BCUT2D eigenvalue weighted by molar-refractivity contribution is 5.67. The van der Waals surface area contributed by atoms with Crippen LogP contribution in [-0.4, -0.2) is 30.0 Å². The van der Waals surface area contributed by atoms with Crippen molar-refractivity contribution in [3.63, 3.8) is 0 Å². The molecule has 0 aliphatic heterocycles. The van der Waals surface area contributed by atoms with Crippen molar-refractivity contribution in [3.8, 4) is 0 Å². The van der Waals surface area contributed by atoms with Gasteiger partial charge in [-0.05, 0) is 19.8 Å². The summed E-state index contributed by atoms with van der Waals surface area (Å²) in [6.07, 6.45) is -0.479. The van der Waals surface area contributed by atoms with E-state index in [1.54, 1.807) is 6.92 Å². The second-order valence-corrected chi connectivity index (χ2v) is 3.55. The molecule has 0 aliphatic rings. The zero-order chi connectivity index (χ0) is 10.5. The van der Waals surface area contributed by atoms with Crippen LogP contribution in [0.1, 0.15) is 27.7 Å². The first-order valence-corrected chi connectivity index (χ1v) is 4.54. The topological polar surface area (TPSA) is 58.6 Å². The fourth-order valence-corrected chi connectivity index (χ4v) is 0.725. The zero-order valence-corrected chi connectivity index (χ0v) is 8.76. The maximum atomic E-state index is 11.1. The van der Waals surface area contributed by atoms with Crippen molar-refractivity contribution in [2.75, 3.05) is 13.2 Å². The molecule has 0 bridgehead atoms. The monoisotopic (exact) mass is 189 g/mol. The molecule has 0 aromatic rings. The molecule has 2 N–H and O–H groups in total. The van der Waals surface area contributed by atoms with E-state index in [0.29, 0.717) is 6.54 Å². The summed E-state index contributed by atoms with van der Waals surface area (Å²) >= 11 is 0. The third-order valence-electron chi connectivity index (χ3n) is 2.18. The normalized spacial score (nSPS) is 15.2. The van der Waals surface area contributed by atoms with E-state index in [1.165, 1.54) is 0 Å². The van der Waals surface area contributed by atoms with Gasteiger partial charge in [-0.25, -0.2) is 4.79 Å². The van der Waals surface area contributed by atoms with Crippen molar-refractivity contribution < 1.29 is 14.6 Å². The number of hydrogen-bond acceptors (Lipinski definition) is 3. The van der Waals surface area contributed by atoms with E-state index in [1.807, 2.05) is 20.8 Å². The average molecular weight is 189 g/mol. The van der Waals surface area contributed by atoms with E-state index in [-0.39, 0.29) is 12.5 Å². The molecule has 1 atom stereocenters. The summed E-state index contributed by atoms with van der Waals surface area (Å²) in [5.41, 5.74) is -0.792. The Labute approximate surface area is 79.3 Å². The standard InChI is InChI=1S/C9H19NO3/c1-5-10-8(12)13-9(4,6-11)7(2)3/h7,11H,5-6H2,1-4H3,(H,10,12). The first-order valence-electron chi connectivity index (χ1n) is 4.54. The number of carbonyl (C=O) groups is 1. The van der Waals surface area contributed by atoms with Crippen LogP contribution in [0.4, 0.5) is 4.79 Å². The molecule has 4 heteroatoms. The van der Waals surface area contributed by atoms with Crippen LogP contribution in [-0.2, 0) is 4.74 Å². The lowest BCUT2D eigenvalue weighted by Crippen LogP contribution is -2.43. The summed E-state index contributed by atoms with van der Waals surface area (Å²) in [6, 6.07) is 0. The third kappa shape index (κ3) is 3.63. The summed E-state index contributed by atoms with van der Waals surface area (Å²) in [6.45, 7) is 7.69. The summed E-state index contributed by atoms with van der Waals surface area (Å²) < 4.78 is 5.09. The Balaban J connectivity index is 4.19. The lowest BCUT2D eigenvalue weighted by Gasteiger charge is -2.31. The number of rotatable bonds is 4. The second-order valence-electron chi connectivity index (χ2n) is 3.55. The molecule has 1 amide bonds. The van der Waals surface area contributed by atoms with E-state index >= 15 is 0 Å². The molecule has 0 aromatic heterocycles. The summed E-state index contributed by atoms with van der Waals surface area (Å²) in [5.74, 6) is 0.0834. The molecule has 78 valence electrons. The van der Waals surface area contributed by atoms with E-state index in [2.05, 4.69) is 5.32 Å². The van der Waals surface area contributed by atoms with E-state index in [4.69, 9.17) is 9.84 Å². The number of carbonyl (C=O) groups excluding carboxylic acids is 1. The van der Waals surface area contributed by atoms with Crippen molar-refractivity contribution in [3.05, 3.63) is 0 Å². The predicted molar refractivity (Wildman–Crippen MR) is 50.5 cm³/mol. The minimum atomic E-state index is -0.792. The van der Waals surface area contributed by atoms with Gasteiger partial charge in [-0.2, -0.15) is 0 Å². The fourth-order valence-electron chi connectivity index (χ4n) is 0.725. The van der Waals surface area contributed by atoms with Crippen LogP contribution in [0.15, 0.2) is 0 Å². The van der Waals surface area contributed by atoms with Gasteiger partial charge in [-0.1, -0.05) is 13.8 Å². The van der Waals surface area contributed by atoms with Gasteiger partial charge < -0.3 is 15.2 Å². The number of hydrogen-bond donors (Lipinski definition) is 2. The van der Waals surface area contributed by atoms with Crippen molar-refractivity contribution >= 4 is 6.09 Å². The fraction of sp³-hybridized carbons (Fsp3) is 0.889. The van der Waals surface area contributed by atoms with Crippen LogP contribution >= 0.6 is 0 Å². The van der Waals surface area contributed by atoms with Crippen molar-refractivity contribution in [1.29, 1.82) is 0 Å². The molecule has 13 heavy (non-hydrogen) atoms. The van der Waals surface area contributed by atoms with Crippen LogP contribution in [0.3, 0.4) is 0 Å². The number of alkyl carbamates (subject to hydrolysis) is 1. The average Bonchev–Trinajstić information content (AvgIpc) is 2.04. The third-order valence-corrected chi connectivity index (χ3v) is 2.18. The van der Waals surface area contributed by atoms with Gasteiger partial charge in [0.2, 0.25) is 0 Å². The van der Waals surface area contributed by atoms with Crippen LogP contribution in [0, 0.1) is 5.92 Å². The highest BCUT2D eigenvalue weighted by atomic mass is 16.6. The van der Waals surface area contributed by atoms with Gasteiger partial charge in [0, 0.05) is 6.54 Å². The van der Waals surface area contributed by atoms with Gasteiger partial charge >= 0.3 is 6.09 Å². The van der Waals surface area contributed by atoms with Gasteiger partial charge in [-0.15, -0.1) is 0 Å². The van der Waals surface area contributed by atoms with Gasteiger partial charge in [0.05, 0.1) is 6.61 Å². The van der Waals surface area contributed by atoms with Crippen molar-refractivity contribution in [2.24, 2.45) is 5.92 Å². The summed E-state index contributed by atoms with van der Waals surface area (Å²) in [4.78, 5) is 11.1. The molecule has 4 nitrogen and oxygen atoms in total. The van der Waals surface area contributed by atoms with E-state index in [9.17, 15) is 4.79 Å². The molecule has 0 fully saturated rings. The Kier molecular flexibility index (Phi) is 4.77. The maximum absolute atomic E-state index is 11.1. The largest absolute Gasteiger partial charge is 0.441 e. The molecule has 1 unspecified atom stereocenters. The Morgan fingerprint density at radius 2 is 2.15 bits per heavy atom. The molecular formula is C9H19NO3. The predicted octanol–water partition coefficient (Wildman–Crippen LogP) is 1.14. The Hall–Kier alpha value is -0.770. The number of nitrogens with one attached hydrogen (secondary N) is 1. The highest BCUT2D eigenvalue weighted by Gasteiger charge is 2.31. The molecule has 0 radical (unpaired) electrons. The van der Waals surface area contributed by atoms with Crippen LogP contribution < -0.4 is 5.32 Å². The van der Waals surface area contributed by atoms with E-state index < -0.39 is 11.7 Å². The molecule has 0 rings (SSSR count). The molecular weight excluding hydrogens is 170 g/mol. The zero-order valence-electron chi connectivity index (χ0n) is 8.76. The molecule has 0 aliphatic carbocycles. The maximum Gasteiger partial charge on any atom is 0.407 e. The van der Waals surface area contributed by atoms with Crippen LogP contribution in [0.5, 0.6) is 0 Å². The lowest BCUT2D eigenvalue weighted by molar-refractivity contribution is -0.0479. The van der Waals surface area contributed by atoms with Gasteiger partial charge in [0.1, 0.15) is 5.60 Å². The quantitative estimate of drug-likeness (QED) is 0.697.